The van der Waals surface area contributed by atoms with Gasteiger partial charge in [0.1, 0.15) is 11.5 Å². The van der Waals surface area contributed by atoms with Crippen molar-refractivity contribution in [3.63, 3.8) is 0 Å². The highest BCUT2D eigenvalue weighted by Crippen LogP contribution is 2.31. The number of ether oxygens (including phenoxy) is 2. The number of rotatable bonds is 6. The molecule has 0 aliphatic rings. The maximum atomic E-state index is 12.3. The summed E-state index contributed by atoms with van der Waals surface area (Å²) < 4.78 is 10.6. The molecule has 6 heteroatoms. The minimum Gasteiger partial charge on any atom is -0.497 e. The van der Waals surface area contributed by atoms with Gasteiger partial charge in [0.2, 0.25) is 0 Å². The van der Waals surface area contributed by atoms with Gasteiger partial charge in [-0.05, 0) is 60.7 Å². The average molecular weight is 383 g/mol. The number of halogens is 1. The first-order valence-electron chi connectivity index (χ1n) is 8.25. The topological polar surface area (TPSA) is 59.6 Å². The summed E-state index contributed by atoms with van der Waals surface area (Å²) in [5.41, 5.74) is 2.88. The Morgan fingerprint density at radius 1 is 0.852 bits per heavy atom. The summed E-state index contributed by atoms with van der Waals surface area (Å²) in [5, 5.41) is 6.73. The molecular formula is C21H19ClN2O3. The smallest absolute Gasteiger partial charge is 0.255 e. The Labute approximate surface area is 162 Å². The van der Waals surface area contributed by atoms with Crippen molar-refractivity contribution in [3.05, 3.63) is 77.3 Å². The van der Waals surface area contributed by atoms with Gasteiger partial charge in [-0.1, -0.05) is 11.6 Å². The van der Waals surface area contributed by atoms with E-state index in [2.05, 4.69) is 10.6 Å². The van der Waals surface area contributed by atoms with Crippen LogP contribution in [0, 0.1) is 0 Å². The standard InChI is InChI=1S/C21H19ClN2O3/c1-26-18-11-12-20(27-2)19(13-18)23-16-7-9-17(10-8-16)24-21(25)14-3-5-15(22)6-4-14/h3-13,23H,1-2H3,(H,24,25). The van der Waals surface area contributed by atoms with Crippen LogP contribution in [-0.4, -0.2) is 20.1 Å². The summed E-state index contributed by atoms with van der Waals surface area (Å²) in [6, 6.07) is 19.6. The number of nitrogens with one attached hydrogen (secondary N) is 2. The molecule has 138 valence electrons. The van der Waals surface area contributed by atoms with Gasteiger partial charge in [0.05, 0.1) is 19.9 Å². The fourth-order valence-electron chi connectivity index (χ4n) is 2.51. The van der Waals surface area contributed by atoms with Crippen LogP contribution in [0.25, 0.3) is 0 Å². The number of hydrogen-bond donors (Lipinski definition) is 2. The molecule has 0 radical (unpaired) electrons. The summed E-state index contributed by atoms with van der Waals surface area (Å²) in [5.74, 6) is 1.24. The lowest BCUT2D eigenvalue weighted by atomic mass is 10.2. The van der Waals surface area contributed by atoms with Crippen molar-refractivity contribution in [2.45, 2.75) is 0 Å². The van der Waals surface area contributed by atoms with Gasteiger partial charge in [0, 0.05) is 28.0 Å². The third-order valence-corrected chi connectivity index (χ3v) is 4.19. The molecule has 0 fully saturated rings. The molecule has 2 N–H and O–H groups in total. The molecule has 0 unspecified atom stereocenters. The Kier molecular flexibility index (Phi) is 5.84. The van der Waals surface area contributed by atoms with E-state index in [1.807, 2.05) is 42.5 Å². The van der Waals surface area contributed by atoms with Crippen LogP contribution < -0.4 is 20.1 Å². The summed E-state index contributed by atoms with van der Waals surface area (Å²) in [7, 11) is 3.23. The molecule has 0 saturated heterocycles. The Balaban J connectivity index is 1.70. The maximum Gasteiger partial charge on any atom is 0.255 e. The Bertz CT molecular complexity index is 925. The summed E-state index contributed by atoms with van der Waals surface area (Å²) in [6.45, 7) is 0. The number of amides is 1. The zero-order valence-electron chi connectivity index (χ0n) is 15.0. The van der Waals surface area contributed by atoms with E-state index in [4.69, 9.17) is 21.1 Å². The van der Waals surface area contributed by atoms with Crippen molar-refractivity contribution in [2.75, 3.05) is 24.9 Å². The summed E-state index contributed by atoms with van der Waals surface area (Å²) >= 11 is 5.85. The van der Waals surface area contributed by atoms with E-state index in [1.165, 1.54) is 0 Å². The second-order valence-electron chi connectivity index (χ2n) is 5.73. The number of carbonyl (C=O) groups excluding carboxylic acids is 1. The van der Waals surface area contributed by atoms with E-state index in [9.17, 15) is 4.79 Å². The summed E-state index contributed by atoms with van der Waals surface area (Å²) in [4.78, 5) is 12.3. The third kappa shape index (κ3) is 4.71. The fraction of sp³-hybridized carbons (Fsp3) is 0.0952. The largest absolute Gasteiger partial charge is 0.497 e. The molecule has 27 heavy (non-hydrogen) atoms. The van der Waals surface area contributed by atoms with Crippen LogP contribution in [0.4, 0.5) is 17.1 Å². The lowest BCUT2D eigenvalue weighted by Gasteiger charge is -2.13. The first-order chi connectivity index (χ1) is 13.1. The third-order valence-electron chi connectivity index (χ3n) is 3.93. The molecule has 0 aliphatic heterocycles. The molecule has 0 heterocycles. The van der Waals surface area contributed by atoms with E-state index < -0.39 is 0 Å². The maximum absolute atomic E-state index is 12.3. The van der Waals surface area contributed by atoms with Crippen molar-refractivity contribution in [1.29, 1.82) is 0 Å². The zero-order chi connectivity index (χ0) is 19.2. The van der Waals surface area contributed by atoms with Crippen LogP contribution in [0.1, 0.15) is 10.4 Å². The van der Waals surface area contributed by atoms with Gasteiger partial charge >= 0.3 is 0 Å². The minimum atomic E-state index is -0.193. The minimum absolute atomic E-state index is 0.193. The SMILES string of the molecule is COc1ccc(OC)c(Nc2ccc(NC(=O)c3ccc(Cl)cc3)cc2)c1. The number of benzene rings is 3. The number of hydrogen-bond acceptors (Lipinski definition) is 4. The van der Waals surface area contributed by atoms with Gasteiger partial charge < -0.3 is 20.1 Å². The molecule has 3 rings (SSSR count). The molecular weight excluding hydrogens is 364 g/mol. The monoisotopic (exact) mass is 382 g/mol. The van der Waals surface area contributed by atoms with Crippen molar-refractivity contribution < 1.29 is 14.3 Å². The van der Waals surface area contributed by atoms with Gasteiger partial charge in [-0.25, -0.2) is 0 Å². The van der Waals surface area contributed by atoms with Crippen LogP contribution in [0.5, 0.6) is 11.5 Å². The Morgan fingerprint density at radius 2 is 1.52 bits per heavy atom. The second kappa shape index (κ2) is 8.47. The number of methoxy groups -OCH3 is 2. The van der Waals surface area contributed by atoms with Crippen molar-refractivity contribution in [2.24, 2.45) is 0 Å². The molecule has 3 aromatic carbocycles. The Morgan fingerprint density at radius 3 is 2.15 bits per heavy atom. The second-order valence-corrected chi connectivity index (χ2v) is 6.17. The van der Waals surface area contributed by atoms with E-state index >= 15 is 0 Å². The Hall–Kier alpha value is -3.18. The highest BCUT2D eigenvalue weighted by molar-refractivity contribution is 6.30. The molecule has 5 nitrogen and oxygen atoms in total. The lowest BCUT2D eigenvalue weighted by Crippen LogP contribution is -2.11. The van der Waals surface area contributed by atoms with Crippen molar-refractivity contribution in [3.8, 4) is 11.5 Å². The molecule has 0 bridgehead atoms. The first-order valence-corrected chi connectivity index (χ1v) is 8.63. The first kappa shape index (κ1) is 18.6. The predicted molar refractivity (Wildman–Crippen MR) is 109 cm³/mol. The number of carbonyl (C=O) groups is 1. The van der Waals surface area contributed by atoms with Gasteiger partial charge in [0.15, 0.2) is 0 Å². The molecule has 0 saturated carbocycles. The number of anilines is 3. The van der Waals surface area contributed by atoms with Gasteiger partial charge in [-0.3, -0.25) is 4.79 Å². The van der Waals surface area contributed by atoms with Crippen molar-refractivity contribution >= 4 is 34.6 Å². The zero-order valence-corrected chi connectivity index (χ0v) is 15.7. The van der Waals surface area contributed by atoms with E-state index in [-0.39, 0.29) is 5.91 Å². The van der Waals surface area contributed by atoms with Crippen molar-refractivity contribution in [1.82, 2.24) is 0 Å². The molecule has 0 atom stereocenters. The quantitative estimate of drug-likeness (QED) is 0.603. The molecule has 0 aromatic heterocycles. The van der Waals surface area contributed by atoms with E-state index in [1.54, 1.807) is 38.5 Å². The molecule has 0 aliphatic carbocycles. The van der Waals surface area contributed by atoms with Crippen LogP contribution in [-0.2, 0) is 0 Å². The lowest BCUT2D eigenvalue weighted by molar-refractivity contribution is 0.102. The average Bonchev–Trinajstić information content (AvgIpc) is 2.70. The highest BCUT2D eigenvalue weighted by atomic mass is 35.5. The molecule has 0 spiro atoms. The van der Waals surface area contributed by atoms with Crippen LogP contribution in [0.3, 0.4) is 0 Å². The van der Waals surface area contributed by atoms with Crippen LogP contribution in [0.2, 0.25) is 5.02 Å². The van der Waals surface area contributed by atoms with Crippen LogP contribution >= 0.6 is 11.6 Å². The predicted octanol–water partition coefficient (Wildman–Crippen LogP) is 5.35. The normalized spacial score (nSPS) is 10.2. The van der Waals surface area contributed by atoms with Gasteiger partial charge in [0.25, 0.3) is 5.91 Å². The summed E-state index contributed by atoms with van der Waals surface area (Å²) in [6.07, 6.45) is 0. The highest BCUT2D eigenvalue weighted by Gasteiger charge is 2.08. The van der Waals surface area contributed by atoms with E-state index in [0.29, 0.717) is 22.0 Å². The molecule has 1 amide bonds. The van der Waals surface area contributed by atoms with Gasteiger partial charge in [-0.2, -0.15) is 0 Å². The van der Waals surface area contributed by atoms with E-state index in [0.717, 1.165) is 17.1 Å². The van der Waals surface area contributed by atoms with Crippen LogP contribution in [0.15, 0.2) is 66.7 Å². The fourth-order valence-corrected chi connectivity index (χ4v) is 2.63. The molecule has 3 aromatic rings. The van der Waals surface area contributed by atoms with Gasteiger partial charge in [-0.15, -0.1) is 0 Å².